The maximum Gasteiger partial charge on any atom is 0.327 e. The average Bonchev–Trinajstić information content (AvgIpc) is 2.71. The van der Waals surface area contributed by atoms with Crippen molar-refractivity contribution in [3.05, 3.63) is 70.4 Å². The fourth-order valence-corrected chi connectivity index (χ4v) is 4.98. The number of nitriles is 1. The van der Waals surface area contributed by atoms with Gasteiger partial charge in [0.05, 0.1) is 46.1 Å². The van der Waals surface area contributed by atoms with Crippen LogP contribution < -0.4 is 15.6 Å². The summed E-state index contributed by atoms with van der Waals surface area (Å²) in [6.45, 7) is 2.14. The molecule has 0 fully saturated rings. The summed E-state index contributed by atoms with van der Waals surface area (Å²) in [4.78, 5) is 27.7. The Hall–Kier alpha value is -3.68. The van der Waals surface area contributed by atoms with Gasteiger partial charge in [0.15, 0.2) is 9.84 Å². The van der Waals surface area contributed by atoms with E-state index >= 15 is 0 Å². The molecule has 9 nitrogen and oxygen atoms in total. The molecule has 2 aromatic rings. The Morgan fingerprint density at radius 3 is 2.56 bits per heavy atom. The Morgan fingerprint density at radius 2 is 1.91 bits per heavy atom. The second kappa shape index (κ2) is 7.78. The van der Waals surface area contributed by atoms with E-state index in [1.807, 2.05) is 31.2 Å². The molecular weight excluding hydrogens is 430 g/mol. The normalized spacial score (nSPS) is 19.2. The van der Waals surface area contributed by atoms with Crippen LogP contribution in [0.25, 0.3) is 0 Å². The zero-order valence-corrected chi connectivity index (χ0v) is 18.5. The second-order valence-electron chi connectivity index (χ2n) is 7.85. The van der Waals surface area contributed by atoms with Crippen LogP contribution >= 0.6 is 0 Å². The third-order valence-corrected chi connectivity index (χ3v) is 6.53. The number of rotatable bonds is 3. The highest BCUT2D eigenvalue weighted by Gasteiger charge is 2.42. The number of benzene rings is 2. The summed E-state index contributed by atoms with van der Waals surface area (Å²) in [6, 6.07) is 12.0. The zero-order chi connectivity index (χ0) is 23.2. The lowest BCUT2D eigenvalue weighted by molar-refractivity contribution is -0.122. The smallest absolute Gasteiger partial charge is 0.326 e. The highest BCUT2D eigenvalue weighted by Crippen LogP contribution is 2.38. The minimum Gasteiger partial charge on any atom is -0.326 e. The van der Waals surface area contributed by atoms with Gasteiger partial charge in [0.2, 0.25) is 0 Å². The van der Waals surface area contributed by atoms with Gasteiger partial charge in [0.1, 0.15) is 0 Å². The number of hydrogen-bond donors (Lipinski definition) is 2. The van der Waals surface area contributed by atoms with Crippen molar-refractivity contribution in [3.8, 4) is 6.07 Å². The molecule has 32 heavy (non-hydrogen) atoms. The van der Waals surface area contributed by atoms with Gasteiger partial charge < -0.3 is 5.32 Å². The number of likely N-dealkylation sites (N-methyl/N-ethyl adjacent to an activating group) is 1. The van der Waals surface area contributed by atoms with Crippen LogP contribution in [0.15, 0.2) is 58.6 Å². The van der Waals surface area contributed by atoms with E-state index in [1.54, 1.807) is 18.1 Å². The maximum atomic E-state index is 13.3. The van der Waals surface area contributed by atoms with Crippen molar-refractivity contribution < 1.29 is 18.0 Å². The molecule has 10 heteroatoms. The molecule has 164 valence electrons. The third-order valence-electron chi connectivity index (χ3n) is 5.38. The van der Waals surface area contributed by atoms with Gasteiger partial charge >= 0.3 is 6.03 Å². The first-order valence-electron chi connectivity index (χ1n) is 9.76. The van der Waals surface area contributed by atoms with Crippen LogP contribution in [0.1, 0.15) is 22.7 Å². The molecule has 0 aliphatic carbocycles. The van der Waals surface area contributed by atoms with Gasteiger partial charge in [-0.3, -0.25) is 15.1 Å². The summed E-state index contributed by atoms with van der Waals surface area (Å²) in [5, 5.41) is 13.6. The average molecular weight is 452 g/mol. The van der Waals surface area contributed by atoms with E-state index in [4.69, 9.17) is 0 Å². The van der Waals surface area contributed by atoms with Crippen LogP contribution in [0, 0.1) is 18.3 Å². The number of amides is 3. The number of nitrogens with zero attached hydrogens (tertiary/aromatic N) is 3. The predicted molar refractivity (Wildman–Crippen MR) is 117 cm³/mol. The van der Waals surface area contributed by atoms with E-state index in [0.717, 1.165) is 11.8 Å². The summed E-state index contributed by atoms with van der Waals surface area (Å²) < 4.78 is 25.0. The molecule has 0 aromatic heterocycles. The molecular formula is C22H21N5O4S. The van der Waals surface area contributed by atoms with Gasteiger partial charge in [-0.15, -0.1) is 0 Å². The SMILES string of the molecule is Cc1cccc(N2C(=O)N[C@H](c3ccc(C#N)cc3S(C)(=O)=O)C3=C2CN(C)NC3=O)c1. The van der Waals surface area contributed by atoms with E-state index in [9.17, 15) is 23.3 Å². The Labute approximate surface area is 185 Å². The van der Waals surface area contributed by atoms with Crippen molar-refractivity contribution in [2.24, 2.45) is 0 Å². The predicted octanol–water partition coefficient (Wildman–Crippen LogP) is 1.77. The lowest BCUT2D eigenvalue weighted by atomic mass is 9.92. The van der Waals surface area contributed by atoms with Crippen molar-refractivity contribution >= 4 is 27.5 Å². The van der Waals surface area contributed by atoms with Gasteiger partial charge in [-0.2, -0.15) is 5.26 Å². The number of anilines is 1. The summed E-state index contributed by atoms with van der Waals surface area (Å²) >= 11 is 0. The van der Waals surface area contributed by atoms with Crippen LogP contribution in [0.4, 0.5) is 10.5 Å². The number of sulfone groups is 1. The number of carbonyl (C=O) groups excluding carboxylic acids is 2. The molecule has 0 radical (unpaired) electrons. The highest BCUT2D eigenvalue weighted by molar-refractivity contribution is 7.90. The topological polar surface area (TPSA) is 123 Å². The minimum atomic E-state index is -3.75. The largest absolute Gasteiger partial charge is 0.327 e. The molecule has 0 spiro atoms. The van der Waals surface area contributed by atoms with Gasteiger partial charge in [0, 0.05) is 13.3 Å². The monoisotopic (exact) mass is 451 g/mol. The van der Waals surface area contributed by atoms with E-state index in [2.05, 4.69) is 10.7 Å². The molecule has 1 atom stereocenters. The first-order valence-corrected chi connectivity index (χ1v) is 11.7. The second-order valence-corrected chi connectivity index (χ2v) is 9.84. The fourth-order valence-electron chi connectivity index (χ4n) is 4.02. The highest BCUT2D eigenvalue weighted by atomic mass is 32.2. The Bertz CT molecular complexity index is 1330. The molecule has 2 aliphatic rings. The van der Waals surface area contributed by atoms with Crippen LogP contribution in [-0.2, 0) is 14.6 Å². The van der Waals surface area contributed by atoms with Crippen LogP contribution in [0.2, 0.25) is 0 Å². The Kier molecular flexibility index (Phi) is 5.24. The summed E-state index contributed by atoms with van der Waals surface area (Å²) in [5.41, 5.74) is 5.36. The number of hydrazine groups is 1. The molecule has 0 bridgehead atoms. The molecule has 2 N–H and O–H groups in total. The molecule has 2 heterocycles. The molecule has 2 aliphatic heterocycles. The van der Waals surface area contributed by atoms with Crippen LogP contribution in [0.3, 0.4) is 0 Å². The first kappa shape index (κ1) is 21.5. The van der Waals surface area contributed by atoms with Crippen molar-refractivity contribution in [2.75, 3.05) is 24.7 Å². The van der Waals surface area contributed by atoms with Crippen molar-refractivity contribution in [1.29, 1.82) is 5.26 Å². The van der Waals surface area contributed by atoms with Gasteiger partial charge in [-0.1, -0.05) is 18.2 Å². The molecule has 0 unspecified atom stereocenters. The zero-order valence-electron chi connectivity index (χ0n) is 17.7. The van der Waals surface area contributed by atoms with Crippen molar-refractivity contribution in [1.82, 2.24) is 15.8 Å². The summed E-state index contributed by atoms with van der Waals surface area (Å²) in [5.74, 6) is -0.444. The van der Waals surface area contributed by atoms with E-state index < -0.39 is 27.8 Å². The van der Waals surface area contributed by atoms with Crippen LogP contribution in [0.5, 0.6) is 0 Å². The first-order chi connectivity index (χ1) is 15.1. The molecule has 2 aromatic carbocycles. The quantitative estimate of drug-likeness (QED) is 0.733. The van der Waals surface area contributed by atoms with E-state index in [-0.39, 0.29) is 28.1 Å². The molecule has 0 saturated heterocycles. The Balaban J connectivity index is 1.96. The van der Waals surface area contributed by atoms with Crippen LogP contribution in [-0.4, -0.2) is 45.2 Å². The van der Waals surface area contributed by atoms with E-state index in [0.29, 0.717) is 11.4 Å². The van der Waals surface area contributed by atoms with Gasteiger partial charge in [-0.25, -0.2) is 18.2 Å². The molecule has 0 saturated carbocycles. The fraction of sp³-hybridized carbons (Fsp3) is 0.227. The molecule has 3 amide bonds. The third kappa shape index (κ3) is 3.72. The minimum absolute atomic E-state index is 0.107. The summed E-state index contributed by atoms with van der Waals surface area (Å²) in [6.07, 6.45) is 1.03. The maximum absolute atomic E-state index is 13.3. The number of nitrogens with one attached hydrogen (secondary N) is 2. The summed E-state index contributed by atoms with van der Waals surface area (Å²) in [7, 11) is -2.07. The van der Waals surface area contributed by atoms with Crippen molar-refractivity contribution in [3.63, 3.8) is 0 Å². The van der Waals surface area contributed by atoms with Gasteiger partial charge in [-0.05, 0) is 42.3 Å². The van der Waals surface area contributed by atoms with E-state index in [1.165, 1.54) is 23.1 Å². The number of carbonyl (C=O) groups is 2. The lowest BCUT2D eigenvalue weighted by Crippen LogP contribution is -2.57. The number of urea groups is 1. The standard InChI is InChI=1S/C22H21N5O4S/c1-13-5-4-6-15(9-13)27-17-12-26(2)25-21(28)19(17)20(24-22(27)29)16-8-7-14(11-23)10-18(16)32(3,30)31/h4-10,20H,12H2,1-3H3,(H,24,29)(H,25,28)/t20-/m1/s1. The number of hydrogen-bond acceptors (Lipinski definition) is 6. The van der Waals surface area contributed by atoms with Gasteiger partial charge in [0.25, 0.3) is 5.91 Å². The van der Waals surface area contributed by atoms with Crippen molar-refractivity contribution in [2.45, 2.75) is 17.9 Å². The molecule has 4 rings (SSSR count). The Morgan fingerprint density at radius 1 is 1.16 bits per heavy atom. The lowest BCUT2D eigenvalue weighted by Gasteiger charge is -2.41. The number of aryl methyl sites for hydroxylation is 1.